The first kappa shape index (κ1) is 14.1. The van der Waals surface area contributed by atoms with Gasteiger partial charge < -0.3 is 15.6 Å². The quantitative estimate of drug-likeness (QED) is 0.848. The van der Waals surface area contributed by atoms with E-state index in [0.29, 0.717) is 5.69 Å². The number of carbonyl (C=O) groups is 1. The summed E-state index contributed by atoms with van der Waals surface area (Å²) in [6, 6.07) is 3.89. The highest BCUT2D eigenvalue weighted by atomic mass is 35.5. The molecule has 4 nitrogen and oxygen atoms in total. The van der Waals surface area contributed by atoms with Crippen LogP contribution >= 0.6 is 12.4 Å². The van der Waals surface area contributed by atoms with Crippen molar-refractivity contribution >= 4 is 18.3 Å². The van der Waals surface area contributed by atoms with Crippen molar-refractivity contribution in [1.29, 1.82) is 0 Å². The first-order valence-corrected chi connectivity index (χ1v) is 5.90. The lowest BCUT2D eigenvalue weighted by molar-refractivity contribution is 0.0578. The molecule has 17 heavy (non-hydrogen) atoms. The van der Waals surface area contributed by atoms with Crippen LogP contribution in [0.2, 0.25) is 0 Å². The van der Waals surface area contributed by atoms with Crippen molar-refractivity contribution in [3.63, 3.8) is 0 Å². The molecule has 0 aromatic carbocycles. The van der Waals surface area contributed by atoms with Crippen molar-refractivity contribution in [1.82, 2.24) is 9.88 Å². The van der Waals surface area contributed by atoms with Crippen LogP contribution in [-0.4, -0.2) is 34.4 Å². The number of amides is 1. The number of H-pyrrole nitrogens is 1. The van der Waals surface area contributed by atoms with Gasteiger partial charge in [-0.05, 0) is 38.3 Å². The van der Waals surface area contributed by atoms with E-state index in [-0.39, 0.29) is 30.4 Å². The number of nitrogens with two attached hydrogens (primary N) is 1. The van der Waals surface area contributed by atoms with Crippen molar-refractivity contribution in [2.24, 2.45) is 5.73 Å². The Morgan fingerprint density at radius 2 is 2.35 bits per heavy atom. The highest BCUT2D eigenvalue weighted by Gasteiger charge is 2.29. The van der Waals surface area contributed by atoms with Crippen LogP contribution in [0.3, 0.4) is 0 Å². The van der Waals surface area contributed by atoms with Crippen molar-refractivity contribution in [3.8, 4) is 0 Å². The minimum Gasteiger partial charge on any atom is -0.357 e. The third kappa shape index (κ3) is 3.01. The molecule has 2 atom stereocenters. The van der Waals surface area contributed by atoms with Gasteiger partial charge in [0.2, 0.25) is 0 Å². The second-order valence-electron chi connectivity index (χ2n) is 4.50. The summed E-state index contributed by atoms with van der Waals surface area (Å²) < 4.78 is 0. The van der Waals surface area contributed by atoms with E-state index in [9.17, 15) is 4.79 Å². The van der Waals surface area contributed by atoms with Crippen molar-refractivity contribution < 1.29 is 4.79 Å². The van der Waals surface area contributed by atoms with Crippen molar-refractivity contribution in [2.75, 3.05) is 6.54 Å². The van der Waals surface area contributed by atoms with Crippen molar-refractivity contribution in [2.45, 2.75) is 38.3 Å². The van der Waals surface area contributed by atoms with E-state index in [1.807, 2.05) is 24.0 Å². The van der Waals surface area contributed by atoms with E-state index in [1.54, 1.807) is 6.20 Å². The van der Waals surface area contributed by atoms with E-state index in [2.05, 4.69) is 4.98 Å². The molecule has 1 aromatic heterocycles. The molecular formula is C12H20ClN3O. The van der Waals surface area contributed by atoms with E-state index in [4.69, 9.17) is 5.73 Å². The number of carbonyl (C=O) groups excluding carboxylic acids is 1. The van der Waals surface area contributed by atoms with E-state index >= 15 is 0 Å². The molecule has 1 saturated heterocycles. The first-order valence-electron chi connectivity index (χ1n) is 5.90. The average Bonchev–Trinajstić information content (AvgIpc) is 2.81. The molecule has 3 N–H and O–H groups in total. The second kappa shape index (κ2) is 6.07. The smallest absolute Gasteiger partial charge is 0.270 e. The van der Waals surface area contributed by atoms with Crippen LogP contribution in [-0.2, 0) is 0 Å². The van der Waals surface area contributed by atoms with Gasteiger partial charge >= 0.3 is 0 Å². The van der Waals surface area contributed by atoms with Crippen LogP contribution in [0.1, 0.15) is 36.7 Å². The Balaban J connectivity index is 0.00000144. The topological polar surface area (TPSA) is 62.1 Å². The third-order valence-corrected chi connectivity index (χ3v) is 3.25. The lowest BCUT2D eigenvalue weighted by Gasteiger charge is -2.37. The van der Waals surface area contributed by atoms with Crippen LogP contribution < -0.4 is 5.73 Å². The Kier molecular flexibility index (Phi) is 5.02. The Labute approximate surface area is 108 Å². The normalized spacial score (nSPS) is 21.8. The Hall–Kier alpha value is -1.00. The molecule has 2 rings (SSSR count). The molecule has 0 radical (unpaired) electrons. The molecule has 1 aliphatic rings. The number of halogens is 1. The molecule has 0 spiro atoms. The predicted molar refractivity (Wildman–Crippen MR) is 70.4 cm³/mol. The summed E-state index contributed by atoms with van der Waals surface area (Å²) in [7, 11) is 0. The minimum absolute atomic E-state index is 0. The molecule has 5 heteroatoms. The van der Waals surface area contributed by atoms with Gasteiger partial charge in [0.25, 0.3) is 5.91 Å². The highest BCUT2D eigenvalue weighted by molar-refractivity contribution is 5.92. The van der Waals surface area contributed by atoms with Gasteiger partial charge in [-0.3, -0.25) is 4.79 Å². The SMILES string of the molecule is CC(N)C1CCCCN1C(=O)c1ccc[nH]1.Cl. The first-order chi connectivity index (χ1) is 7.70. The maximum absolute atomic E-state index is 12.2. The summed E-state index contributed by atoms with van der Waals surface area (Å²) in [5, 5.41) is 0. The Bertz CT molecular complexity index is 351. The zero-order valence-electron chi connectivity index (χ0n) is 10.1. The minimum atomic E-state index is 0. The van der Waals surface area contributed by atoms with Gasteiger partial charge in [0, 0.05) is 24.8 Å². The molecule has 0 aliphatic carbocycles. The maximum Gasteiger partial charge on any atom is 0.270 e. The third-order valence-electron chi connectivity index (χ3n) is 3.25. The van der Waals surface area contributed by atoms with Crippen LogP contribution in [0.25, 0.3) is 0 Å². The largest absolute Gasteiger partial charge is 0.357 e. The fraction of sp³-hybridized carbons (Fsp3) is 0.583. The fourth-order valence-electron chi connectivity index (χ4n) is 2.37. The predicted octanol–water partition coefficient (Wildman–Crippen LogP) is 1.78. The van der Waals surface area contributed by atoms with Gasteiger partial charge in [0.1, 0.15) is 5.69 Å². The van der Waals surface area contributed by atoms with Gasteiger partial charge in [0.05, 0.1) is 0 Å². The molecule has 1 aromatic rings. The van der Waals surface area contributed by atoms with Crippen LogP contribution in [0.15, 0.2) is 18.3 Å². The number of aromatic amines is 1. The lowest BCUT2D eigenvalue weighted by Crippen LogP contribution is -2.51. The number of hydrogen-bond acceptors (Lipinski definition) is 2. The van der Waals surface area contributed by atoms with Crippen LogP contribution in [0, 0.1) is 0 Å². The molecule has 2 unspecified atom stereocenters. The summed E-state index contributed by atoms with van der Waals surface area (Å²) >= 11 is 0. The second-order valence-corrected chi connectivity index (χ2v) is 4.50. The van der Waals surface area contributed by atoms with E-state index < -0.39 is 0 Å². The number of nitrogens with one attached hydrogen (secondary N) is 1. The van der Waals surface area contributed by atoms with E-state index in [1.165, 1.54) is 6.42 Å². The molecule has 1 fully saturated rings. The summed E-state index contributed by atoms with van der Waals surface area (Å²) in [4.78, 5) is 17.1. The number of aromatic nitrogens is 1. The highest BCUT2D eigenvalue weighted by Crippen LogP contribution is 2.20. The summed E-state index contributed by atoms with van der Waals surface area (Å²) in [5.74, 6) is 0.0759. The standard InChI is InChI=1S/C12H19N3O.ClH/c1-9(13)11-6-2-3-8-15(11)12(16)10-5-4-7-14-10;/h4-5,7,9,11,14H,2-3,6,8,13H2,1H3;1H. The molecule has 1 amide bonds. The Morgan fingerprint density at radius 3 is 2.94 bits per heavy atom. The lowest BCUT2D eigenvalue weighted by atomic mass is 9.96. The van der Waals surface area contributed by atoms with Gasteiger partial charge in [0.15, 0.2) is 0 Å². The summed E-state index contributed by atoms with van der Waals surface area (Å²) in [6.45, 7) is 2.80. The summed E-state index contributed by atoms with van der Waals surface area (Å²) in [6.07, 6.45) is 5.04. The maximum atomic E-state index is 12.2. The van der Waals surface area contributed by atoms with Gasteiger partial charge in [-0.1, -0.05) is 0 Å². The number of nitrogens with zero attached hydrogens (tertiary/aromatic N) is 1. The zero-order valence-corrected chi connectivity index (χ0v) is 10.9. The molecule has 1 aliphatic heterocycles. The fourth-order valence-corrected chi connectivity index (χ4v) is 2.37. The average molecular weight is 258 g/mol. The number of rotatable bonds is 2. The van der Waals surface area contributed by atoms with Gasteiger partial charge in [-0.2, -0.15) is 0 Å². The molecular weight excluding hydrogens is 238 g/mol. The number of hydrogen-bond donors (Lipinski definition) is 2. The monoisotopic (exact) mass is 257 g/mol. The number of likely N-dealkylation sites (tertiary alicyclic amines) is 1. The van der Waals surface area contributed by atoms with Gasteiger partial charge in [-0.15, -0.1) is 12.4 Å². The zero-order chi connectivity index (χ0) is 11.5. The van der Waals surface area contributed by atoms with Gasteiger partial charge in [-0.25, -0.2) is 0 Å². The van der Waals surface area contributed by atoms with Crippen LogP contribution in [0.5, 0.6) is 0 Å². The van der Waals surface area contributed by atoms with E-state index in [0.717, 1.165) is 19.4 Å². The molecule has 2 heterocycles. The molecule has 0 bridgehead atoms. The summed E-state index contributed by atoms with van der Waals surface area (Å²) in [5.41, 5.74) is 6.60. The van der Waals surface area contributed by atoms with Crippen LogP contribution in [0.4, 0.5) is 0 Å². The molecule has 96 valence electrons. The Morgan fingerprint density at radius 1 is 1.59 bits per heavy atom. The molecule has 0 saturated carbocycles. The van der Waals surface area contributed by atoms with Crippen molar-refractivity contribution in [3.05, 3.63) is 24.0 Å². The number of piperidine rings is 1.